The van der Waals surface area contributed by atoms with Gasteiger partial charge in [-0.2, -0.15) is 0 Å². The van der Waals surface area contributed by atoms with Gasteiger partial charge in [-0.15, -0.1) is 0 Å². The number of piperidine rings is 1. The third kappa shape index (κ3) is 7.38. The van der Waals surface area contributed by atoms with Gasteiger partial charge in [-0.3, -0.25) is 0 Å². The van der Waals surface area contributed by atoms with Crippen LogP contribution in [0.25, 0.3) is 0 Å². The van der Waals surface area contributed by atoms with Crippen molar-refractivity contribution >= 4 is 11.8 Å². The highest BCUT2D eigenvalue weighted by molar-refractivity contribution is 5.98. The Morgan fingerprint density at radius 1 is 1.14 bits per heavy atom. The summed E-state index contributed by atoms with van der Waals surface area (Å²) in [4.78, 5) is 19.2. The SMILES string of the molecule is COc1ccc(/C(C)=N\OCCOC2CCN(C(=O)OC(C)(C)C)CC2)cc1. The molecule has 1 aliphatic rings. The minimum absolute atomic E-state index is 0.133. The first kappa shape index (κ1) is 22.0. The van der Waals surface area contributed by atoms with Crippen molar-refractivity contribution in [3.8, 4) is 5.75 Å². The summed E-state index contributed by atoms with van der Waals surface area (Å²) in [7, 11) is 1.64. The molecular weight excluding hydrogens is 360 g/mol. The van der Waals surface area contributed by atoms with E-state index in [1.54, 1.807) is 12.0 Å². The van der Waals surface area contributed by atoms with Crippen molar-refractivity contribution in [1.29, 1.82) is 0 Å². The minimum atomic E-state index is -0.466. The van der Waals surface area contributed by atoms with Crippen LogP contribution >= 0.6 is 0 Å². The normalized spacial score (nSPS) is 16.0. The number of likely N-dealkylation sites (tertiary alicyclic amines) is 1. The van der Waals surface area contributed by atoms with Crippen molar-refractivity contribution in [2.75, 3.05) is 33.4 Å². The quantitative estimate of drug-likeness (QED) is 0.400. The molecule has 1 aromatic carbocycles. The van der Waals surface area contributed by atoms with Crippen LogP contribution in [0.2, 0.25) is 0 Å². The molecule has 0 N–H and O–H groups in total. The predicted molar refractivity (Wildman–Crippen MR) is 108 cm³/mol. The number of nitrogens with zero attached hydrogens (tertiary/aromatic N) is 2. The minimum Gasteiger partial charge on any atom is -0.497 e. The average Bonchev–Trinajstić information content (AvgIpc) is 2.66. The van der Waals surface area contributed by atoms with Gasteiger partial charge >= 0.3 is 6.09 Å². The van der Waals surface area contributed by atoms with Gasteiger partial charge in [0.25, 0.3) is 0 Å². The number of ether oxygens (including phenoxy) is 3. The molecule has 7 nitrogen and oxygen atoms in total. The van der Waals surface area contributed by atoms with Crippen LogP contribution in [-0.2, 0) is 14.3 Å². The molecule has 1 fully saturated rings. The highest BCUT2D eigenvalue weighted by Gasteiger charge is 2.27. The molecule has 7 heteroatoms. The summed E-state index contributed by atoms with van der Waals surface area (Å²) in [6, 6.07) is 7.66. The summed E-state index contributed by atoms with van der Waals surface area (Å²) < 4.78 is 16.4. The molecule has 1 heterocycles. The third-order valence-corrected chi connectivity index (χ3v) is 4.33. The molecule has 1 aromatic rings. The first-order chi connectivity index (χ1) is 13.3. The molecule has 0 saturated carbocycles. The summed E-state index contributed by atoms with van der Waals surface area (Å²) >= 11 is 0. The van der Waals surface area contributed by atoms with Gasteiger partial charge in [0.2, 0.25) is 0 Å². The van der Waals surface area contributed by atoms with Crippen molar-refractivity contribution in [3.05, 3.63) is 29.8 Å². The highest BCUT2D eigenvalue weighted by atomic mass is 16.6. The van der Waals surface area contributed by atoms with Crippen molar-refractivity contribution in [3.63, 3.8) is 0 Å². The van der Waals surface area contributed by atoms with E-state index >= 15 is 0 Å². The Kier molecular flexibility index (Phi) is 8.11. The molecule has 0 unspecified atom stereocenters. The molecular formula is C21H32N2O5. The van der Waals surface area contributed by atoms with Crippen molar-refractivity contribution in [1.82, 2.24) is 4.90 Å². The van der Waals surface area contributed by atoms with Gasteiger partial charge in [0, 0.05) is 13.1 Å². The maximum absolute atomic E-state index is 12.1. The predicted octanol–water partition coefficient (Wildman–Crippen LogP) is 3.85. The lowest BCUT2D eigenvalue weighted by Crippen LogP contribution is -2.43. The zero-order chi connectivity index (χ0) is 20.6. The highest BCUT2D eigenvalue weighted by Crippen LogP contribution is 2.17. The Morgan fingerprint density at radius 3 is 2.36 bits per heavy atom. The zero-order valence-electron chi connectivity index (χ0n) is 17.6. The smallest absolute Gasteiger partial charge is 0.410 e. The fourth-order valence-electron chi connectivity index (χ4n) is 2.81. The van der Waals surface area contributed by atoms with E-state index < -0.39 is 5.60 Å². The van der Waals surface area contributed by atoms with Crippen LogP contribution in [0.5, 0.6) is 5.75 Å². The van der Waals surface area contributed by atoms with Gasteiger partial charge in [-0.05, 0) is 70.4 Å². The number of benzene rings is 1. The molecule has 156 valence electrons. The van der Waals surface area contributed by atoms with E-state index in [1.807, 2.05) is 52.0 Å². The van der Waals surface area contributed by atoms with Gasteiger partial charge in [0.1, 0.15) is 18.0 Å². The van der Waals surface area contributed by atoms with E-state index in [2.05, 4.69) is 5.16 Å². The second-order valence-electron chi connectivity index (χ2n) is 7.78. The molecule has 0 aliphatic carbocycles. The van der Waals surface area contributed by atoms with E-state index in [9.17, 15) is 4.79 Å². The second kappa shape index (κ2) is 10.3. The zero-order valence-corrected chi connectivity index (χ0v) is 17.6. The topological polar surface area (TPSA) is 69.6 Å². The Morgan fingerprint density at radius 2 is 1.79 bits per heavy atom. The number of amides is 1. The number of hydrogen-bond acceptors (Lipinski definition) is 6. The van der Waals surface area contributed by atoms with Crippen LogP contribution in [0.4, 0.5) is 4.79 Å². The van der Waals surface area contributed by atoms with Crippen LogP contribution in [0, 0.1) is 0 Å². The largest absolute Gasteiger partial charge is 0.497 e. The molecule has 1 amide bonds. The van der Waals surface area contributed by atoms with Crippen LogP contribution < -0.4 is 4.74 Å². The van der Waals surface area contributed by atoms with Gasteiger partial charge in [0.15, 0.2) is 0 Å². The van der Waals surface area contributed by atoms with E-state index in [-0.39, 0.29) is 12.2 Å². The molecule has 0 atom stereocenters. The molecule has 0 spiro atoms. The van der Waals surface area contributed by atoms with Crippen LogP contribution in [0.1, 0.15) is 46.1 Å². The number of oxime groups is 1. The van der Waals surface area contributed by atoms with Gasteiger partial charge in [-0.25, -0.2) is 4.79 Å². The molecule has 2 rings (SSSR count). The summed E-state index contributed by atoms with van der Waals surface area (Å²) in [5.74, 6) is 0.809. The Bertz CT molecular complexity index is 644. The van der Waals surface area contributed by atoms with Crippen LogP contribution in [-0.4, -0.2) is 61.8 Å². The lowest BCUT2D eigenvalue weighted by molar-refractivity contribution is -0.0287. The van der Waals surface area contributed by atoms with Gasteiger partial charge < -0.3 is 23.9 Å². The standard InChI is InChI=1S/C21H32N2O5/c1-16(17-6-8-18(25-5)9-7-17)22-27-15-14-26-19-10-12-23(13-11-19)20(24)28-21(2,3)4/h6-9,19H,10-15H2,1-5H3/b22-16-. The lowest BCUT2D eigenvalue weighted by Gasteiger charge is -2.33. The summed E-state index contributed by atoms with van der Waals surface area (Å²) in [5.41, 5.74) is 1.32. The summed E-state index contributed by atoms with van der Waals surface area (Å²) in [6.45, 7) is 9.68. The van der Waals surface area contributed by atoms with Gasteiger partial charge in [0.05, 0.1) is 25.5 Å². The van der Waals surface area contributed by atoms with E-state index in [4.69, 9.17) is 19.0 Å². The van der Waals surface area contributed by atoms with Crippen LogP contribution in [0.15, 0.2) is 29.4 Å². The fraction of sp³-hybridized carbons (Fsp3) is 0.619. The van der Waals surface area contributed by atoms with Gasteiger partial charge in [-0.1, -0.05) is 5.16 Å². The molecule has 1 aliphatic heterocycles. The number of rotatable bonds is 7. The average molecular weight is 392 g/mol. The Balaban J connectivity index is 1.63. The van der Waals surface area contributed by atoms with Crippen molar-refractivity contribution in [2.24, 2.45) is 5.16 Å². The number of carbonyl (C=O) groups is 1. The lowest BCUT2D eigenvalue weighted by atomic mass is 10.1. The number of methoxy groups -OCH3 is 1. The monoisotopic (exact) mass is 392 g/mol. The number of carbonyl (C=O) groups excluding carboxylic acids is 1. The van der Waals surface area contributed by atoms with Crippen LogP contribution in [0.3, 0.4) is 0 Å². The van der Waals surface area contributed by atoms with Crippen molar-refractivity contribution < 1.29 is 23.8 Å². The maximum Gasteiger partial charge on any atom is 0.410 e. The Hall–Kier alpha value is -2.28. The molecule has 0 radical (unpaired) electrons. The third-order valence-electron chi connectivity index (χ3n) is 4.33. The van der Waals surface area contributed by atoms with E-state index in [0.29, 0.717) is 26.3 Å². The first-order valence-corrected chi connectivity index (χ1v) is 9.69. The summed E-state index contributed by atoms with van der Waals surface area (Å²) in [5, 5.41) is 4.13. The Labute approximate surface area is 167 Å². The van der Waals surface area contributed by atoms with E-state index in [0.717, 1.165) is 29.9 Å². The van der Waals surface area contributed by atoms with E-state index in [1.165, 1.54) is 0 Å². The summed E-state index contributed by atoms with van der Waals surface area (Å²) in [6.07, 6.45) is 1.48. The first-order valence-electron chi connectivity index (χ1n) is 9.69. The maximum atomic E-state index is 12.1. The molecule has 1 saturated heterocycles. The molecule has 0 aromatic heterocycles. The molecule has 28 heavy (non-hydrogen) atoms. The fourth-order valence-corrected chi connectivity index (χ4v) is 2.81. The molecule has 0 bridgehead atoms. The second-order valence-corrected chi connectivity index (χ2v) is 7.78. The number of hydrogen-bond donors (Lipinski definition) is 0. The van der Waals surface area contributed by atoms with Crippen molar-refractivity contribution in [2.45, 2.75) is 52.2 Å².